The van der Waals surface area contributed by atoms with Crippen LogP contribution < -0.4 is 0 Å². The maximum Gasteiger partial charge on any atom is 0.347 e. The fourth-order valence-electron chi connectivity index (χ4n) is 2.12. The van der Waals surface area contributed by atoms with Gasteiger partial charge in [0.25, 0.3) is 0 Å². The SMILES string of the molecule is CCCc1nc(-c2c(C)nn(C)c2C)sc1C(=O)O. The lowest BCUT2D eigenvalue weighted by atomic mass is 10.2. The number of carboxylic acid groups (broad SMARTS) is 1. The second kappa shape index (κ2) is 5.13. The van der Waals surface area contributed by atoms with Crippen LogP contribution in [0.2, 0.25) is 0 Å². The van der Waals surface area contributed by atoms with Crippen LogP contribution in [0, 0.1) is 13.8 Å². The first-order valence-electron chi connectivity index (χ1n) is 6.19. The molecular weight excluding hydrogens is 262 g/mol. The molecule has 2 heterocycles. The molecule has 0 bridgehead atoms. The number of nitrogens with zero attached hydrogens (tertiary/aromatic N) is 3. The minimum atomic E-state index is -0.897. The molecule has 0 saturated heterocycles. The van der Waals surface area contributed by atoms with Crippen molar-refractivity contribution in [2.45, 2.75) is 33.6 Å². The molecule has 19 heavy (non-hydrogen) atoms. The van der Waals surface area contributed by atoms with Gasteiger partial charge in [0, 0.05) is 12.7 Å². The maximum absolute atomic E-state index is 11.3. The third-order valence-electron chi connectivity index (χ3n) is 3.10. The molecule has 0 aliphatic carbocycles. The van der Waals surface area contributed by atoms with E-state index >= 15 is 0 Å². The van der Waals surface area contributed by atoms with Gasteiger partial charge >= 0.3 is 5.97 Å². The Bertz CT molecular complexity index is 628. The van der Waals surface area contributed by atoms with Crippen molar-refractivity contribution >= 4 is 17.3 Å². The first-order valence-corrected chi connectivity index (χ1v) is 7.00. The highest BCUT2D eigenvalue weighted by Crippen LogP contribution is 2.32. The second-order valence-electron chi connectivity index (χ2n) is 4.52. The molecule has 6 heteroatoms. The van der Waals surface area contributed by atoms with Gasteiger partial charge in [-0.05, 0) is 20.3 Å². The average molecular weight is 279 g/mol. The van der Waals surface area contributed by atoms with E-state index in [4.69, 9.17) is 0 Å². The zero-order chi connectivity index (χ0) is 14.2. The molecule has 0 aliphatic rings. The predicted molar refractivity (Wildman–Crippen MR) is 74.7 cm³/mol. The van der Waals surface area contributed by atoms with Gasteiger partial charge in [-0.3, -0.25) is 4.68 Å². The van der Waals surface area contributed by atoms with Gasteiger partial charge in [-0.2, -0.15) is 5.10 Å². The van der Waals surface area contributed by atoms with Crippen LogP contribution >= 0.6 is 11.3 Å². The molecule has 0 aliphatic heterocycles. The summed E-state index contributed by atoms with van der Waals surface area (Å²) in [7, 11) is 1.88. The summed E-state index contributed by atoms with van der Waals surface area (Å²) in [5.41, 5.74) is 3.52. The largest absolute Gasteiger partial charge is 0.477 e. The number of carbonyl (C=O) groups is 1. The van der Waals surface area contributed by atoms with E-state index in [2.05, 4.69) is 10.1 Å². The van der Waals surface area contributed by atoms with Crippen LogP contribution in [-0.4, -0.2) is 25.8 Å². The van der Waals surface area contributed by atoms with Crippen molar-refractivity contribution < 1.29 is 9.90 Å². The second-order valence-corrected chi connectivity index (χ2v) is 5.52. The van der Waals surface area contributed by atoms with Crippen LogP contribution in [0.1, 0.15) is 40.1 Å². The van der Waals surface area contributed by atoms with E-state index in [1.807, 2.05) is 27.8 Å². The number of aryl methyl sites for hydroxylation is 3. The van der Waals surface area contributed by atoms with E-state index in [1.165, 1.54) is 11.3 Å². The smallest absolute Gasteiger partial charge is 0.347 e. The number of carboxylic acids is 1. The summed E-state index contributed by atoms with van der Waals surface area (Å²) >= 11 is 1.24. The molecule has 0 atom stereocenters. The lowest BCUT2D eigenvalue weighted by Crippen LogP contribution is -1.98. The van der Waals surface area contributed by atoms with Gasteiger partial charge in [0.15, 0.2) is 0 Å². The van der Waals surface area contributed by atoms with Gasteiger partial charge in [-0.1, -0.05) is 13.3 Å². The zero-order valence-corrected chi connectivity index (χ0v) is 12.3. The Morgan fingerprint density at radius 1 is 1.42 bits per heavy atom. The van der Waals surface area contributed by atoms with Crippen LogP contribution in [-0.2, 0) is 13.5 Å². The number of thiazole rings is 1. The molecule has 102 valence electrons. The van der Waals surface area contributed by atoms with Crippen molar-refractivity contribution in [3.63, 3.8) is 0 Å². The quantitative estimate of drug-likeness (QED) is 0.934. The van der Waals surface area contributed by atoms with Gasteiger partial charge in [-0.15, -0.1) is 11.3 Å². The Morgan fingerprint density at radius 3 is 2.58 bits per heavy atom. The molecule has 2 rings (SSSR count). The van der Waals surface area contributed by atoms with Gasteiger partial charge in [0.2, 0.25) is 0 Å². The molecular formula is C13H17N3O2S. The first-order chi connectivity index (χ1) is 8.95. The van der Waals surface area contributed by atoms with Crippen molar-refractivity contribution in [1.29, 1.82) is 0 Å². The number of hydrogen-bond acceptors (Lipinski definition) is 4. The molecule has 2 aromatic rings. The van der Waals surface area contributed by atoms with E-state index in [9.17, 15) is 9.90 Å². The Labute approximate surface area is 115 Å². The van der Waals surface area contributed by atoms with Crippen LogP contribution in [0.3, 0.4) is 0 Å². The monoisotopic (exact) mass is 279 g/mol. The minimum Gasteiger partial charge on any atom is -0.477 e. The van der Waals surface area contributed by atoms with Gasteiger partial charge in [0.1, 0.15) is 9.88 Å². The molecule has 1 N–H and O–H groups in total. The van der Waals surface area contributed by atoms with Crippen molar-refractivity contribution in [2.24, 2.45) is 7.05 Å². The highest BCUT2D eigenvalue weighted by molar-refractivity contribution is 7.17. The third-order valence-corrected chi connectivity index (χ3v) is 4.20. The maximum atomic E-state index is 11.3. The Balaban J connectivity index is 2.57. The summed E-state index contributed by atoms with van der Waals surface area (Å²) < 4.78 is 1.80. The molecule has 0 unspecified atom stereocenters. The number of rotatable bonds is 4. The Kier molecular flexibility index (Phi) is 3.71. The lowest BCUT2D eigenvalue weighted by Gasteiger charge is -1.96. The molecule has 0 aromatic carbocycles. The summed E-state index contributed by atoms with van der Waals surface area (Å²) in [5, 5.41) is 14.4. The predicted octanol–water partition coefficient (Wildman–Crippen LogP) is 2.81. The fourth-order valence-corrected chi connectivity index (χ4v) is 3.21. The Hall–Kier alpha value is -1.69. The molecule has 2 aromatic heterocycles. The molecule has 0 spiro atoms. The fraction of sp³-hybridized carbons (Fsp3) is 0.462. The molecule has 0 saturated carbocycles. The number of aromatic carboxylic acids is 1. The normalized spacial score (nSPS) is 10.9. The van der Waals surface area contributed by atoms with Crippen molar-refractivity contribution in [3.8, 4) is 10.6 Å². The average Bonchev–Trinajstić information content (AvgIpc) is 2.83. The summed E-state index contributed by atoms with van der Waals surface area (Å²) in [4.78, 5) is 16.1. The zero-order valence-electron chi connectivity index (χ0n) is 11.5. The summed E-state index contributed by atoms with van der Waals surface area (Å²) in [6.07, 6.45) is 1.57. The van der Waals surface area contributed by atoms with Crippen LogP contribution in [0.15, 0.2) is 0 Å². The number of aromatic nitrogens is 3. The molecule has 0 amide bonds. The van der Waals surface area contributed by atoms with Crippen LogP contribution in [0.5, 0.6) is 0 Å². The lowest BCUT2D eigenvalue weighted by molar-refractivity contribution is 0.0700. The molecule has 0 radical (unpaired) electrons. The van der Waals surface area contributed by atoms with E-state index in [-0.39, 0.29) is 0 Å². The van der Waals surface area contributed by atoms with E-state index in [0.717, 1.165) is 28.4 Å². The van der Waals surface area contributed by atoms with Crippen LogP contribution in [0.25, 0.3) is 10.6 Å². The molecule has 5 nitrogen and oxygen atoms in total. The third kappa shape index (κ3) is 2.40. The summed E-state index contributed by atoms with van der Waals surface area (Å²) in [6, 6.07) is 0. The van der Waals surface area contributed by atoms with E-state index < -0.39 is 5.97 Å². The van der Waals surface area contributed by atoms with Gasteiger partial charge < -0.3 is 5.11 Å². The highest BCUT2D eigenvalue weighted by atomic mass is 32.1. The van der Waals surface area contributed by atoms with Crippen molar-refractivity contribution in [3.05, 3.63) is 22.0 Å². The van der Waals surface area contributed by atoms with Gasteiger partial charge in [0.05, 0.1) is 17.0 Å². The Morgan fingerprint density at radius 2 is 2.11 bits per heavy atom. The number of hydrogen-bond donors (Lipinski definition) is 1. The molecule has 0 fully saturated rings. The topological polar surface area (TPSA) is 68.0 Å². The van der Waals surface area contributed by atoms with Gasteiger partial charge in [-0.25, -0.2) is 9.78 Å². The van der Waals surface area contributed by atoms with Crippen molar-refractivity contribution in [1.82, 2.24) is 14.8 Å². The minimum absolute atomic E-state index is 0.347. The standard InChI is InChI=1S/C13H17N3O2S/c1-5-6-9-11(13(17)18)19-12(14-9)10-7(2)15-16(4)8(10)3/h5-6H2,1-4H3,(H,17,18). The van der Waals surface area contributed by atoms with Crippen molar-refractivity contribution in [2.75, 3.05) is 0 Å². The summed E-state index contributed by atoms with van der Waals surface area (Å²) in [5.74, 6) is -0.897. The summed E-state index contributed by atoms with van der Waals surface area (Å²) in [6.45, 7) is 5.91. The highest BCUT2D eigenvalue weighted by Gasteiger charge is 2.21. The van der Waals surface area contributed by atoms with Crippen LogP contribution in [0.4, 0.5) is 0 Å². The van der Waals surface area contributed by atoms with E-state index in [0.29, 0.717) is 17.0 Å². The first kappa shape index (κ1) is 13.7. The van der Waals surface area contributed by atoms with E-state index in [1.54, 1.807) is 4.68 Å².